The van der Waals surface area contributed by atoms with Gasteiger partial charge in [0, 0.05) is 6.42 Å². The second-order valence-electron chi connectivity index (χ2n) is 8.69. The zero-order valence-corrected chi connectivity index (χ0v) is 19.8. The predicted octanol–water partition coefficient (Wildman–Crippen LogP) is 3.97. The van der Waals surface area contributed by atoms with E-state index in [1.807, 2.05) is 18.1 Å². The lowest BCUT2D eigenvalue weighted by Crippen LogP contribution is -2.41. The highest BCUT2D eigenvalue weighted by molar-refractivity contribution is 7.98. The van der Waals surface area contributed by atoms with Crippen molar-refractivity contribution in [2.75, 3.05) is 26.5 Å². The molecule has 4 rings (SSSR count). The number of thioether (sulfide) groups is 1. The molecule has 1 fully saturated rings. The summed E-state index contributed by atoms with van der Waals surface area (Å²) in [5, 5.41) is 0.619. The summed E-state index contributed by atoms with van der Waals surface area (Å²) in [6.07, 6.45) is 14.2. The van der Waals surface area contributed by atoms with Crippen molar-refractivity contribution in [1.82, 2.24) is 14.9 Å². The second-order valence-corrected chi connectivity index (χ2v) is 9.46. The fraction of sp³-hybridized carbons (Fsp3) is 0.583. The largest absolute Gasteiger partial charge is 0.475 e. The Hall–Kier alpha value is -2.35. The third kappa shape index (κ3) is 4.85. The Morgan fingerprint density at radius 2 is 2.06 bits per heavy atom. The van der Waals surface area contributed by atoms with E-state index in [4.69, 9.17) is 9.47 Å². The first kappa shape index (κ1) is 22.8. The van der Waals surface area contributed by atoms with Gasteiger partial charge < -0.3 is 14.4 Å². The van der Waals surface area contributed by atoms with E-state index in [1.54, 1.807) is 0 Å². The van der Waals surface area contributed by atoms with Crippen molar-refractivity contribution in [3.63, 3.8) is 0 Å². The van der Waals surface area contributed by atoms with Gasteiger partial charge in [0.1, 0.15) is 12.2 Å². The monoisotopic (exact) mass is 457 g/mol. The number of aromatic nitrogens is 2. The highest BCUT2D eigenvalue weighted by atomic mass is 32.2. The lowest BCUT2D eigenvalue weighted by atomic mass is 9.76. The van der Waals surface area contributed by atoms with Crippen LogP contribution in [0.3, 0.4) is 0 Å². The number of aryl methyl sites for hydroxylation is 1. The van der Waals surface area contributed by atoms with Crippen molar-refractivity contribution in [2.24, 2.45) is 11.8 Å². The van der Waals surface area contributed by atoms with Gasteiger partial charge in [-0.15, -0.1) is 0 Å². The van der Waals surface area contributed by atoms with Gasteiger partial charge in [-0.05, 0) is 62.7 Å². The summed E-state index contributed by atoms with van der Waals surface area (Å²) in [5.74, 6) is 1.20. The molecule has 32 heavy (non-hydrogen) atoms. The topological polar surface area (TPSA) is 81.6 Å². The van der Waals surface area contributed by atoms with Gasteiger partial charge in [-0.3, -0.25) is 9.59 Å². The molecule has 1 amide bonds. The van der Waals surface area contributed by atoms with Gasteiger partial charge in [0.25, 0.3) is 5.91 Å². The molecule has 1 unspecified atom stereocenters. The number of hydrogen-bond donors (Lipinski definition) is 0. The van der Waals surface area contributed by atoms with E-state index < -0.39 is 0 Å². The number of rotatable bonds is 5. The maximum atomic E-state index is 13.4. The van der Waals surface area contributed by atoms with Crippen molar-refractivity contribution < 1.29 is 19.1 Å². The number of esters is 1. The van der Waals surface area contributed by atoms with Crippen LogP contribution in [-0.2, 0) is 9.53 Å². The highest BCUT2D eigenvalue weighted by Gasteiger charge is 2.33. The first-order valence-corrected chi connectivity index (χ1v) is 12.5. The molecular formula is C24H31N3O4S. The summed E-state index contributed by atoms with van der Waals surface area (Å²) >= 11 is 1.44. The summed E-state index contributed by atoms with van der Waals surface area (Å²) in [5.41, 5.74) is 2.50. The molecule has 0 bridgehead atoms. The van der Waals surface area contributed by atoms with E-state index in [0.29, 0.717) is 53.7 Å². The first-order chi connectivity index (χ1) is 15.5. The quantitative estimate of drug-likeness (QED) is 0.376. The van der Waals surface area contributed by atoms with Crippen LogP contribution in [-0.4, -0.2) is 59.3 Å². The molecule has 8 heteroatoms. The van der Waals surface area contributed by atoms with E-state index >= 15 is 0 Å². The Balaban J connectivity index is 1.39. The van der Waals surface area contributed by atoms with Crippen LogP contribution in [0.2, 0.25) is 0 Å². The molecule has 1 saturated carbocycles. The molecule has 0 spiro atoms. The third-order valence-electron chi connectivity index (χ3n) is 6.77. The number of amides is 1. The standard InChI is InChI=1S/C24H31N3O4S/c1-15-21-22(26-24(25-15)32-3)31-13-12-27(23(21)29)19-10-8-18(9-11-19)17-6-4-16(5-7-17)14-20(28)30-2/h8-10,16-17,19H,4-7,11-14H2,1-3H3/t16-,17-,19?. The number of carbonyl (C=O) groups excluding carboxylic acids is 2. The molecule has 1 atom stereocenters. The van der Waals surface area contributed by atoms with Crippen LogP contribution in [0.1, 0.15) is 54.6 Å². The Morgan fingerprint density at radius 3 is 2.72 bits per heavy atom. The Labute approximate surface area is 193 Å². The molecule has 172 valence electrons. The number of ether oxygens (including phenoxy) is 2. The summed E-state index contributed by atoms with van der Waals surface area (Å²) in [4.78, 5) is 35.6. The first-order valence-electron chi connectivity index (χ1n) is 11.3. The second kappa shape index (κ2) is 10.1. The smallest absolute Gasteiger partial charge is 0.305 e. The molecule has 0 aromatic carbocycles. The van der Waals surface area contributed by atoms with Crippen LogP contribution < -0.4 is 4.74 Å². The summed E-state index contributed by atoms with van der Waals surface area (Å²) < 4.78 is 10.6. The van der Waals surface area contributed by atoms with E-state index in [-0.39, 0.29) is 17.9 Å². The molecule has 3 aliphatic rings. The normalized spacial score (nSPS) is 25.5. The summed E-state index contributed by atoms with van der Waals surface area (Å²) in [6.45, 7) is 2.80. The van der Waals surface area contributed by atoms with Gasteiger partial charge in [0.2, 0.25) is 5.88 Å². The number of carbonyl (C=O) groups is 2. The molecule has 2 heterocycles. The minimum absolute atomic E-state index is 0.0103. The van der Waals surface area contributed by atoms with E-state index in [0.717, 1.165) is 32.1 Å². The lowest BCUT2D eigenvalue weighted by Gasteiger charge is -2.33. The van der Waals surface area contributed by atoms with Crippen molar-refractivity contribution >= 4 is 23.6 Å². The van der Waals surface area contributed by atoms with Gasteiger partial charge in [-0.1, -0.05) is 30.0 Å². The average molecular weight is 458 g/mol. The third-order valence-corrected chi connectivity index (χ3v) is 7.32. The number of nitrogens with zero attached hydrogens (tertiary/aromatic N) is 3. The van der Waals surface area contributed by atoms with Gasteiger partial charge >= 0.3 is 5.97 Å². The van der Waals surface area contributed by atoms with Crippen molar-refractivity contribution in [3.05, 3.63) is 35.1 Å². The van der Waals surface area contributed by atoms with E-state index in [1.165, 1.54) is 24.4 Å². The van der Waals surface area contributed by atoms with Crippen LogP contribution in [0.25, 0.3) is 0 Å². The van der Waals surface area contributed by atoms with Crippen LogP contribution in [0, 0.1) is 18.8 Å². The number of hydrogen-bond acceptors (Lipinski definition) is 7. The lowest BCUT2D eigenvalue weighted by molar-refractivity contribution is -0.142. The predicted molar refractivity (Wildman–Crippen MR) is 123 cm³/mol. The number of methoxy groups -OCH3 is 1. The molecule has 2 aliphatic carbocycles. The van der Waals surface area contributed by atoms with Crippen LogP contribution in [0.4, 0.5) is 0 Å². The molecule has 1 aromatic heterocycles. The van der Waals surface area contributed by atoms with Gasteiger partial charge in [-0.25, -0.2) is 4.98 Å². The molecule has 0 N–H and O–H groups in total. The zero-order chi connectivity index (χ0) is 22.7. The van der Waals surface area contributed by atoms with E-state index in [9.17, 15) is 9.59 Å². The van der Waals surface area contributed by atoms with Gasteiger partial charge in [0.15, 0.2) is 5.16 Å². The molecule has 0 radical (unpaired) electrons. The molecular weight excluding hydrogens is 426 g/mol. The number of allylic oxidation sites excluding steroid dienone is 2. The number of fused-ring (bicyclic) bond motifs is 1. The van der Waals surface area contributed by atoms with Crippen molar-refractivity contribution in [3.8, 4) is 5.88 Å². The minimum Gasteiger partial charge on any atom is -0.475 e. The fourth-order valence-corrected chi connectivity index (χ4v) is 5.35. The van der Waals surface area contributed by atoms with Crippen LogP contribution >= 0.6 is 11.8 Å². The van der Waals surface area contributed by atoms with Gasteiger partial charge in [0.05, 0.1) is 25.4 Å². The summed E-state index contributed by atoms with van der Waals surface area (Å²) in [7, 11) is 1.46. The van der Waals surface area contributed by atoms with Gasteiger partial charge in [-0.2, -0.15) is 4.98 Å². The summed E-state index contributed by atoms with van der Waals surface area (Å²) in [6, 6.07) is 0.0103. The molecule has 7 nitrogen and oxygen atoms in total. The highest BCUT2D eigenvalue weighted by Crippen LogP contribution is 2.37. The van der Waals surface area contributed by atoms with Crippen LogP contribution in [0.15, 0.2) is 29.0 Å². The molecule has 0 saturated heterocycles. The van der Waals surface area contributed by atoms with Crippen LogP contribution in [0.5, 0.6) is 5.88 Å². The maximum absolute atomic E-state index is 13.4. The minimum atomic E-state index is -0.106. The average Bonchev–Trinajstić information content (AvgIpc) is 2.98. The SMILES string of the molecule is COC(=O)C[C@H]1CC[C@H](C2=CCC(N3CCOc4nc(SC)nc(C)c4C3=O)C=C2)CC1. The molecule has 1 aromatic rings. The Kier molecular flexibility index (Phi) is 7.18. The molecule has 1 aliphatic heterocycles. The fourth-order valence-electron chi connectivity index (χ4n) is 4.94. The van der Waals surface area contributed by atoms with Crippen molar-refractivity contribution in [1.29, 1.82) is 0 Å². The maximum Gasteiger partial charge on any atom is 0.305 e. The van der Waals surface area contributed by atoms with Crippen molar-refractivity contribution in [2.45, 2.75) is 56.6 Å². The Morgan fingerprint density at radius 1 is 1.28 bits per heavy atom. The zero-order valence-electron chi connectivity index (χ0n) is 19.0. The Bertz CT molecular complexity index is 937. The van der Waals surface area contributed by atoms with E-state index in [2.05, 4.69) is 28.2 Å².